The third kappa shape index (κ3) is 2.48. The van der Waals surface area contributed by atoms with Crippen LogP contribution in [0.25, 0.3) is 16.8 Å². The Morgan fingerprint density at radius 2 is 2.14 bits per heavy atom. The number of nitrogens with zero attached hydrogens (tertiary/aromatic N) is 5. The lowest BCUT2D eigenvalue weighted by atomic mass is 9.75. The molecule has 0 aromatic carbocycles. The van der Waals surface area contributed by atoms with Gasteiger partial charge in [0.1, 0.15) is 11.2 Å². The molecule has 2 aliphatic rings. The average Bonchev–Trinajstić information content (AvgIpc) is 3.40. The second kappa shape index (κ2) is 6.11. The molecular weight excluding hydrogens is 369 g/mol. The molecule has 4 heterocycles. The first-order valence-electron chi connectivity index (χ1n) is 9.79. The van der Waals surface area contributed by atoms with Crippen molar-refractivity contribution in [2.24, 2.45) is 17.3 Å². The SMILES string of the molecule is Cc1cc(-c2cc3c(N4C[C@@H](C)[C@@](C#N)(C5CC5)C4=O)ccnn3c2)ncc1F. The summed E-state index contributed by atoms with van der Waals surface area (Å²) < 4.78 is 15.3. The smallest absolute Gasteiger partial charge is 0.248 e. The van der Waals surface area contributed by atoms with Crippen LogP contribution in [0.3, 0.4) is 0 Å². The molecule has 1 amide bonds. The number of carbonyl (C=O) groups excluding carboxylic acids is 1. The number of rotatable bonds is 3. The number of halogens is 1. The number of aromatic nitrogens is 3. The van der Waals surface area contributed by atoms with Crippen molar-refractivity contribution in [2.45, 2.75) is 26.7 Å². The molecule has 3 aromatic heterocycles. The number of nitriles is 1. The number of pyridine rings is 1. The minimum atomic E-state index is -0.925. The number of fused-ring (bicyclic) bond motifs is 1. The van der Waals surface area contributed by atoms with Crippen LogP contribution in [0.2, 0.25) is 0 Å². The van der Waals surface area contributed by atoms with Crippen LogP contribution in [0.5, 0.6) is 0 Å². The van der Waals surface area contributed by atoms with Crippen LogP contribution >= 0.6 is 0 Å². The highest BCUT2D eigenvalue weighted by molar-refractivity contribution is 6.05. The van der Waals surface area contributed by atoms with Crippen molar-refractivity contribution in [2.75, 3.05) is 11.4 Å². The standard InChI is InChI=1S/C22H20FN5O/c1-13-7-18(25-9-17(13)23)15-8-20-19(5-6-26-28(20)11-15)27-10-14(2)22(12-24,21(27)29)16-3-4-16/h5-9,11,14,16H,3-4,10H2,1-2H3/t14-,22+/m1/s1. The first kappa shape index (κ1) is 17.8. The highest BCUT2D eigenvalue weighted by Gasteiger charge is 2.61. The largest absolute Gasteiger partial charge is 0.309 e. The molecule has 29 heavy (non-hydrogen) atoms. The maximum Gasteiger partial charge on any atom is 0.248 e. The predicted molar refractivity (Wildman–Crippen MR) is 105 cm³/mol. The van der Waals surface area contributed by atoms with Crippen molar-refractivity contribution >= 4 is 17.1 Å². The molecule has 0 N–H and O–H groups in total. The third-order valence-corrected chi connectivity index (χ3v) is 6.36. The molecule has 1 aliphatic heterocycles. The highest BCUT2D eigenvalue weighted by Crippen LogP contribution is 2.54. The lowest BCUT2D eigenvalue weighted by Crippen LogP contribution is -2.37. The van der Waals surface area contributed by atoms with E-state index in [1.165, 1.54) is 6.20 Å². The van der Waals surface area contributed by atoms with Crippen LogP contribution in [-0.4, -0.2) is 27.0 Å². The van der Waals surface area contributed by atoms with Gasteiger partial charge in [-0.05, 0) is 49.4 Å². The monoisotopic (exact) mass is 389 g/mol. The summed E-state index contributed by atoms with van der Waals surface area (Å²) in [6, 6.07) is 7.78. The van der Waals surface area contributed by atoms with Gasteiger partial charge in [0, 0.05) is 30.4 Å². The predicted octanol–water partition coefficient (Wildman–Crippen LogP) is 3.75. The van der Waals surface area contributed by atoms with Gasteiger partial charge in [-0.3, -0.25) is 9.78 Å². The zero-order valence-electron chi connectivity index (χ0n) is 16.3. The van der Waals surface area contributed by atoms with Crippen molar-refractivity contribution in [3.63, 3.8) is 0 Å². The lowest BCUT2D eigenvalue weighted by molar-refractivity contribution is -0.124. The van der Waals surface area contributed by atoms with Crippen LogP contribution in [0, 0.1) is 41.3 Å². The van der Waals surface area contributed by atoms with Gasteiger partial charge in [-0.15, -0.1) is 0 Å². The average molecular weight is 389 g/mol. The maximum atomic E-state index is 13.6. The molecule has 146 valence electrons. The lowest BCUT2D eigenvalue weighted by Gasteiger charge is -2.23. The summed E-state index contributed by atoms with van der Waals surface area (Å²) >= 11 is 0. The van der Waals surface area contributed by atoms with E-state index in [0.717, 1.165) is 29.6 Å². The Balaban J connectivity index is 1.60. The number of amides is 1. The number of hydrogen-bond donors (Lipinski definition) is 0. The van der Waals surface area contributed by atoms with Crippen LogP contribution in [0.15, 0.2) is 36.8 Å². The third-order valence-electron chi connectivity index (χ3n) is 6.36. The van der Waals surface area contributed by atoms with Gasteiger partial charge in [0.15, 0.2) is 0 Å². The topological polar surface area (TPSA) is 74.3 Å². The molecule has 7 heteroatoms. The van der Waals surface area contributed by atoms with Gasteiger partial charge in [-0.2, -0.15) is 10.4 Å². The van der Waals surface area contributed by atoms with E-state index >= 15 is 0 Å². The van der Waals surface area contributed by atoms with E-state index in [9.17, 15) is 14.4 Å². The summed E-state index contributed by atoms with van der Waals surface area (Å²) in [4.78, 5) is 19.3. The Labute approximate surface area is 167 Å². The zero-order chi connectivity index (χ0) is 20.3. The zero-order valence-corrected chi connectivity index (χ0v) is 16.3. The van der Waals surface area contributed by atoms with E-state index in [2.05, 4.69) is 16.2 Å². The molecule has 1 aliphatic carbocycles. The summed E-state index contributed by atoms with van der Waals surface area (Å²) in [6.45, 7) is 4.20. The molecule has 3 aromatic rings. The van der Waals surface area contributed by atoms with E-state index in [-0.39, 0.29) is 23.6 Å². The molecule has 6 nitrogen and oxygen atoms in total. The van der Waals surface area contributed by atoms with Crippen LogP contribution in [0.1, 0.15) is 25.3 Å². The van der Waals surface area contributed by atoms with Crippen molar-refractivity contribution in [3.8, 4) is 17.3 Å². The summed E-state index contributed by atoms with van der Waals surface area (Å²) in [6.07, 6.45) is 6.56. The Morgan fingerprint density at radius 3 is 2.83 bits per heavy atom. The molecule has 1 saturated carbocycles. The van der Waals surface area contributed by atoms with Gasteiger partial charge in [-0.1, -0.05) is 6.92 Å². The van der Waals surface area contributed by atoms with Crippen LogP contribution in [0.4, 0.5) is 10.1 Å². The summed E-state index contributed by atoms with van der Waals surface area (Å²) in [5.41, 5.74) is 2.53. The van der Waals surface area contributed by atoms with Gasteiger partial charge in [0.25, 0.3) is 0 Å². The molecule has 0 unspecified atom stereocenters. The molecule has 2 atom stereocenters. The molecule has 0 radical (unpaired) electrons. The second-order valence-corrected chi connectivity index (χ2v) is 8.17. The van der Waals surface area contributed by atoms with E-state index < -0.39 is 5.41 Å². The van der Waals surface area contributed by atoms with E-state index in [1.54, 1.807) is 28.6 Å². The summed E-state index contributed by atoms with van der Waals surface area (Å²) in [5.74, 6) is -0.328. The van der Waals surface area contributed by atoms with E-state index in [0.29, 0.717) is 17.8 Å². The fourth-order valence-electron chi connectivity index (χ4n) is 4.57. The fraction of sp³-hybridized carbons (Fsp3) is 0.364. The number of carbonyl (C=O) groups is 1. The fourth-order valence-corrected chi connectivity index (χ4v) is 4.57. The first-order chi connectivity index (χ1) is 14.0. The summed E-state index contributed by atoms with van der Waals surface area (Å²) in [7, 11) is 0. The van der Waals surface area contributed by atoms with Crippen LogP contribution in [-0.2, 0) is 4.79 Å². The van der Waals surface area contributed by atoms with Gasteiger partial charge in [0.2, 0.25) is 5.91 Å². The Morgan fingerprint density at radius 1 is 1.34 bits per heavy atom. The van der Waals surface area contributed by atoms with Gasteiger partial charge < -0.3 is 4.90 Å². The quantitative estimate of drug-likeness (QED) is 0.684. The van der Waals surface area contributed by atoms with Gasteiger partial charge in [-0.25, -0.2) is 8.91 Å². The van der Waals surface area contributed by atoms with E-state index in [4.69, 9.17) is 0 Å². The van der Waals surface area contributed by atoms with Crippen molar-refractivity contribution < 1.29 is 9.18 Å². The molecule has 1 saturated heterocycles. The molecule has 0 bridgehead atoms. The number of aryl methyl sites for hydroxylation is 1. The van der Waals surface area contributed by atoms with Crippen molar-refractivity contribution in [1.82, 2.24) is 14.6 Å². The molecule has 2 fully saturated rings. The number of hydrogen-bond acceptors (Lipinski definition) is 4. The van der Waals surface area contributed by atoms with E-state index in [1.807, 2.05) is 25.3 Å². The second-order valence-electron chi connectivity index (χ2n) is 8.17. The van der Waals surface area contributed by atoms with Gasteiger partial charge in [0.05, 0.1) is 29.2 Å². The minimum absolute atomic E-state index is 0.0310. The molecule has 0 spiro atoms. The van der Waals surface area contributed by atoms with Crippen molar-refractivity contribution in [1.29, 1.82) is 5.26 Å². The normalized spacial score (nSPS) is 24.3. The maximum absolute atomic E-state index is 13.6. The first-order valence-corrected chi connectivity index (χ1v) is 9.79. The summed E-state index contributed by atoms with van der Waals surface area (Å²) in [5, 5.41) is 14.3. The Kier molecular flexibility index (Phi) is 3.75. The number of anilines is 1. The van der Waals surface area contributed by atoms with Crippen molar-refractivity contribution in [3.05, 3.63) is 48.2 Å². The molecule has 5 rings (SSSR count). The van der Waals surface area contributed by atoms with Gasteiger partial charge >= 0.3 is 0 Å². The molecular formula is C22H20FN5O. The van der Waals surface area contributed by atoms with Crippen LogP contribution < -0.4 is 4.90 Å². The Hall–Kier alpha value is -3.27. The highest BCUT2D eigenvalue weighted by atomic mass is 19.1. The minimum Gasteiger partial charge on any atom is -0.309 e. The Bertz CT molecular complexity index is 1190.